The zero-order chi connectivity index (χ0) is 14.3. The Bertz CT molecular complexity index is 645. The van der Waals surface area contributed by atoms with E-state index in [9.17, 15) is 13.9 Å². The molecule has 2 heterocycles. The molecule has 106 valence electrons. The second-order valence-electron chi connectivity index (χ2n) is 5.39. The van der Waals surface area contributed by atoms with Crippen molar-refractivity contribution in [2.45, 2.75) is 25.4 Å². The molecule has 1 aliphatic rings. The first kappa shape index (κ1) is 13.2. The van der Waals surface area contributed by atoms with Gasteiger partial charge in [-0.1, -0.05) is 12.1 Å². The maximum absolute atomic E-state index is 12.9. The van der Waals surface area contributed by atoms with Gasteiger partial charge in [0.05, 0.1) is 11.1 Å². The van der Waals surface area contributed by atoms with Gasteiger partial charge in [-0.25, -0.2) is 18.7 Å². The maximum atomic E-state index is 12.9. The molecule has 6 heteroatoms. The average Bonchev–Trinajstić information content (AvgIpc) is 2.77. The number of aromatic nitrogens is 2. The third-order valence-corrected chi connectivity index (χ3v) is 3.55. The van der Waals surface area contributed by atoms with Gasteiger partial charge < -0.3 is 10.0 Å². The Morgan fingerprint density at radius 2 is 2.05 bits per heavy atom. The van der Waals surface area contributed by atoms with Gasteiger partial charge in [0.15, 0.2) is 5.82 Å². The number of aliphatic hydroxyl groups is 1. The van der Waals surface area contributed by atoms with E-state index in [-0.39, 0.29) is 0 Å². The van der Waals surface area contributed by atoms with Gasteiger partial charge in [0.2, 0.25) is 0 Å². The van der Waals surface area contributed by atoms with Crippen LogP contribution in [0.3, 0.4) is 0 Å². The number of benzene rings is 1. The summed E-state index contributed by atoms with van der Waals surface area (Å²) in [5, 5.41) is 10.8. The van der Waals surface area contributed by atoms with Gasteiger partial charge in [-0.2, -0.15) is 0 Å². The third-order valence-electron chi connectivity index (χ3n) is 3.55. The van der Waals surface area contributed by atoms with E-state index in [4.69, 9.17) is 0 Å². The number of nitrogens with zero attached hydrogens (tertiary/aromatic N) is 3. The van der Waals surface area contributed by atoms with Crippen LogP contribution in [-0.2, 0) is 0 Å². The Morgan fingerprint density at radius 3 is 2.70 bits per heavy atom. The molecule has 1 aromatic heterocycles. The Labute approximate surface area is 115 Å². The molecule has 1 N–H and O–H groups in total. The van der Waals surface area contributed by atoms with Crippen LogP contribution in [0.1, 0.15) is 25.6 Å². The number of anilines is 1. The molecule has 1 atom stereocenters. The molecule has 0 spiro atoms. The Hall–Kier alpha value is -1.82. The van der Waals surface area contributed by atoms with E-state index in [0.29, 0.717) is 30.8 Å². The molecule has 1 unspecified atom stereocenters. The number of rotatable bonds is 2. The molecule has 20 heavy (non-hydrogen) atoms. The van der Waals surface area contributed by atoms with Gasteiger partial charge in [0, 0.05) is 18.5 Å². The summed E-state index contributed by atoms with van der Waals surface area (Å²) in [4.78, 5) is 9.74. The fourth-order valence-electron chi connectivity index (χ4n) is 2.54. The van der Waals surface area contributed by atoms with Gasteiger partial charge in [-0.15, -0.1) is 0 Å². The minimum atomic E-state index is -2.71. The summed E-state index contributed by atoms with van der Waals surface area (Å²) in [6, 6.07) is 7.09. The Morgan fingerprint density at radius 1 is 1.30 bits per heavy atom. The predicted octanol–water partition coefficient (Wildman–Crippen LogP) is 2.53. The van der Waals surface area contributed by atoms with Crippen LogP contribution in [0.25, 0.3) is 10.9 Å². The summed E-state index contributed by atoms with van der Waals surface area (Å²) in [6.45, 7) is 2.72. The van der Waals surface area contributed by atoms with Crippen molar-refractivity contribution in [2.24, 2.45) is 0 Å². The number of halogens is 2. The fourth-order valence-corrected chi connectivity index (χ4v) is 2.54. The summed E-state index contributed by atoms with van der Waals surface area (Å²) in [5.41, 5.74) is -0.309. The molecular weight excluding hydrogens is 264 g/mol. The van der Waals surface area contributed by atoms with Crippen molar-refractivity contribution >= 4 is 16.7 Å². The summed E-state index contributed by atoms with van der Waals surface area (Å²) < 4.78 is 25.8. The molecule has 3 rings (SSSR count). The smallest absolute Gasteiger partial charge is 0.297 e. The van der Waals surface area contributed by atoms with Crippen LogP contribution in [0.15, 0.2) is 24.3 Å². The molecule has 0 bridgehead atoms. The number of para-hydroxylation sites is 1. The van der Waals surface area contributed by atoms with Crippen LogP contribution >= 0.6 is 0 Å². The Kier molecular flexibility index (Phi) is 3.05. The van der Waals surface area contributed by atoms with E-state index in [1.54, 1.807) is 19.1 Å². The van der Waals surface area contributed by atoms with Gasteiger partial charge >= 0.3 is 0 Å². The molecule has 1 aliphatic heterocycles. The van der Waals surface area contributed by atoms with Crippen molar-refractivity contribution in [1.82, 2.24) is 9.97 Å². The molecule has 0 radical (unpaired) electrons. The van der Waals surface area contributed by atoms with Crippen molar-refractivity contribution in [2.75, 3.05) is 18.0 Å². The fraction of sp³-hybridized carbons (Fsp3) is 0.429. The minimum Gasteiger partial charge on any atom is -0.388 e. The number of alkyl halides is 2. The van der Waals surface area contributed by atoms with Gasteiger partial charge in [-0.3, -0.25) is 0 Å². The molecule has 0 aliphatic carbocycles. The zero-order valence-corrected chi connectivity index (χ0v) is 11.1. The highest BCUT2D eigenvalue weighted by molar-refractivity contribution is 5.89. The largest absolute Gasteiger partial charge is 0.388 e. The highest BCUT2D eigenvalue weighted by atomic mass is 19.3. The normalized spacial score (nSPS) is 22.9. The summed E-state index contributed by atoms with van der Waals surface area (Å²) in [7, 11) is 0. The first-order valence-corrected chi connectivity index (χ1v) is 6.48. The first-order valence-electron chi connectivity index (χ1n) is 6.48. The molecule has 1 fully saturated rings. The van der Waals surface area contributed by atoms with Crippen LogP contribution in [0.4, 0.5) is 14.6 Å². The molecule has 4 nitrogen and oxygen atoms in total. The van der Waals surface area contributed by atoms with E-state index in [0.717, 1.165) is 5.39 Å². The average molecular weight is 279 g/mol. The topological polar surface area (TPSA) is 49.2 Å². The van der Waals surface area contributed by atoms with Gasteiger partial charge in [0.25, 0.3) is 6.43 Å². The lowest BCUT2D eigenvalue weighted by molar-refractivity contribution is 0.0839. The van der Waals surface area contributed by atoms with Crippen molar-refractivity contribution < 1.29 is 13.9 Å². The zero-order valence-electron chi connectivity index (χ0n) is 11.1. The van der Waals surface area contributed by atoms with E-state index >= 15 is 0 Å². The number of fused-ring (bicyclic) bond motifs is 1. The molecule has 1 saturated heterocycles. The molecule has 0 saturated carbocycles. The second kappa shape index (κ2) is 4.63. The minimum absolute atomic E-state index is 0.386. The van der Waals surface area contributed by atoms with Crippen LogP contribution in [0.5, 0.6) is 0 Å². The highest BCUT2D eigenvalue weighted by Gasteiger charge is 2.33. The van der Waals surface area contributed by atoms with E-state index in [1.807, 2.05) is 17.0 Å². The van der Waals surface area contributed by atoms with Crippen LogP contribution in [0, 0.1) is 0 Å². The number of hydrogen-bond acceptors (Lipinski definition) is 4. The molecule has 1 aromatic carbocycles. The number of β-amino-alcohol motifs (C(OH)–C–C–N with tert-alkyl or cyclic N) is 1. The van der Waals surface area contributed by atoms with Crippen molar-refractivity contribution in [3.05, 3.63) is 30.1 Å². The van der Waals surface area contributed by atoms with E-state index < -0.39 is 17.9 Å². The van der Waals surface area contributed by atoms with Crippen LogP contribution in [-0.4, -0.2) is 33.8 Å². The standard InChI is InChI=1S/C14H15F2N3O/c1-14(20)6-7-19(8-14)13-9-4-2-3-5-10(9)17-12(18-13)11(15)16/h2-5,11,20H,6-8H2,1H3. The third kappa shape index (κ3) is 2.31. The van der Waals surface area contributed by atoms with Crippen LogP contribution in [0.2, 0.25) is 0 Å². The highest BCUT2D eigenvalue weighted by Crippen LogP contribution is 2.31. The quantitative estimate of drug-likeness (QED) is 0.917. The molecular formula is C14H15F2N3O. The summed E-state index contributed by atoms with van der Waals surface area (Å²) in [5.74, 6) is 0.00826. The summed E-state index contributed by atoms with van der Waals surface area (Å²) in [6.07, 6.45) is -2.11. The van der Waals surface area contributed by atoms with E-state index in [1.165, 1.54) is 0 Å². The monoisotopic (exact) mass is 279 g/mol. The van der Waals surface area contributed by atoms with Gasteiger partial charge in [-0.05, 0) is 25.5 Å². The molecule has 0 amide bonds. The first-order chi connectivity index (χ1) is 9.46. The molecule has 2 aromatic rings. The predicted molar refractivity (Wildman–Crippen MR) is 71.9 cm³/mol. The SMILES string of the molecule is CC1(O)CCN(c2nc(C(F)F)nc3ccccc23)C1. The van der Waals surface area contributed by atoms with E-state index in [2.05, 4.69) is 9.97 Å². The van der Waals surface area contributed by atoms with Crippen molar-refractivity contribution in [3.63, 3.8) is 0 Å². The van der Waals surface area contributed by atoms with Crippen molar-refractivity contribution in [3.8, 4) is 0 Å². The van der Waals surface area contributed by atoms with Gasteiger partial charge in [0.1, 0.15) is 5.82 Å². The number of hydrogen-bond donors (Lipinski definition) is 1. The lowest BCUT2D eigenvalue weighted by Crippen LogP contribution is -2.30. The second-order valence-corrected chi connectivity index (χ2v) is 5.39. The van der Waals surface area contributed by atoms with Crippen molar-refractivity contribution in [1.29, 1.82) is 0 Å². The maximum Gasteiger partial charge on any atom is 0.297 e. The lowest BCUT2D eigenvalue weighted by atomic mass is 10.1. The lowest BCUT2D eigenvalue weighted by Gasteiger charge is -2.21. The Balaban J connectivity index is 2.13. The summed E-state index contributed by atoms with van der Waals surface area (Å²) >= 11 is 0. The van der Waals surface area contributed by atoms with Crippen LogP contribution < -0.4 is 4.90 Å².